The Labute approximate surface area is 67.2 Å². The summed E-state index contributed by atoms with van der Waals surface area (Å²) >= 11 is 0. The van der Waals surface area contributed by atoms with Crippen molar-refractivity contribution >= 4 is 17.2 Å². The van der Waals surface area contributed by atoms with Crippen LogP contribution in [-0.4, -0.2) is 16.3 Å². The minimum Gasteiger partial charge on any atom is -0.359 e. The molecule has 2 aromatic rings. The van der Waals surface area contributed by atoms with Crippen LogP contribution in [0.4, 0.5) is 4.39 Å². The second-order valence-corrected chi connectivity index (χ2v) is 2.41. The Morgan fingerprint density at radius 2 is 2.33 bits per heavy atom. The highest BCUT2D eigenvalue weighted by Gasteiger charge is 2.06. The average molecular weight is 164 g/mol. The van der Waals surface area contributed by atoms with Gasteiger partial charge in [0, 0.05) is 17.1 Å². The number of fused-ring (bicyclic) bond motifs is 1. The maximum Gasteiger partial charge on any atom is 0.152 e. The zero-order valence-corrected chi connectivity index (χ0v) is 6.04. The van der Waals surface area contributed by atoms with Crippen LogP contribution < -0.4 is 0 Å². The molecule has 4 heteroatoms. The van der Waals surface area contributed by atoms with Gasteiger partial charge in [-0.05, 0) is 0 Å². The molecular weight excluding hydrogens is 159 g/mol. The number of rotatable bonds is 1. The SMILES string of the molecule is O=Cc1c[nH]c2cncc(F)c12. The van der Waals surface area contributed by atoms with Crippen LogP contribution in [-0.2, 0) is 0 Å². The Hall–Kier alpha value is -1.71. The van der Waals surface area contributed by atoms with Crippen LogP contribution in [0.1, 0.15) is 10.4 Å². The smallest absolute Gasteiger partial charge is 0.152 e. The van der Waals surface area contributed by atoms with Gasteiger partial charge in [0.2, 0.25) is 0 Å². The molecule has 0 saturated carbocycles. The second kappa shape index (κ2) is 2.41. The third-order valence-electron chi connectivity index (χ3n) is 1.70. The van der Waals surface area contributed by atoms with E-state index in [4.69, 9.17) is 0 Å². The average Bonchev–Trinajstić information content (AvgIpc) is 2.49. The van der Waals surface area contributed by atoms with Crippen LogP contribution in [0.2, 0.25) is 0 Å². The molecule has 0 bridgehead atoms. The largest absolute Gasteiger partial charge is 0.359 e. The van der Waals surface area contributed by atoms with Crippen molar-refractivity contribution in [1.29, 1.82) is 0 Å². The summed E-state index contributed by atoms with van der Waals surface area (Å²) in [4.78, 5) is 16.8. The van der Waals surface area contributed by atoms with Crippen LogP contribution in [0.3, 0.4) is 0 Å². The number of nitrogens with one attached hydrogen (secondary N) is 1. The van der Waals surface area contributed by atoms with Gasteiger partial charge in [0.25, 0.3) is 0 Å². The van der Waals surface area contributed by atoms with E-state index in [9.17, 15) is 9.18 Å². The van der Waals surface area contributed by atoms with Gasteiger partial charge < -0.3 is 4.98 Å². The van der Waals surface area contributed by atoms with Crippen LogP contribution in [0.5, 0.6) is 0 Å². The van der Waals surface area contributed by atoms with E-state index >= 15 is 0 Å². The number of aromatic amines is 1. The van der Waals surface area contributed by atoms with Gasteiger partial charge in [-0.2, -0.15) is 0 Å². The maximum atomic E-state index is 13.0. The second-order valence-electron chi connectivity index (χ2n) is 2.41. The summed E-state index contributed by atoms with van der Waals surface area (Å²) in [5.41, 5.74) is 0.863. The number of carbonyl (C=O) groups excluding carboxylic acids is 1. The molecule has 0 aliphatic heterocycles. The predicted molar refractivity (Wildman–Crippen MR) is 41.4 cm³/mol. The van der Waals surface area contributed by atoms with Crippen molar-refractivity contribution in [2.24, 2.45) is 0 Å². The maximum absolute atomic E-state index is 13.0. The highest BCUT2D eigenvalue weighted by atomic mass is 19.1. The number of aromatic nitrogens is 2. The van der Waals surface area contributed by atoms with Crippen molar-refractivity contribution in [3.05, 3.63) is 30.0 Å². The van der Waals surface area contributed by atoms with E-state index in [1.54, 1.807) is 0 Å². The molecule has 0 amide bonds. The zero-order chi connectivity index (χ0) is 8.55. The van der Waals surface area contributed by atoms with Crippen molar-refractivity contribution in [3.8, 4) is 0 Å². The first-order valence-corrected chi connectivity index (χ1v) is 3.38. The van der Waals surface area contributed by atoms with E-state index in [-0.39, 0.29) is 0 Å². The molecule has 0 unspecified atom stereocenters. The van der Waals surface area contributed by atoms with E-state index in [2.05, 4.69) is 9.97 Å². The number of carbonyl (C=O) groups is 1. The fraction of sp³-hybridized carbons (Fsp3) is 0. The highest BCUT2D eigenvalue weighted by Crippen LogP contribution is 2.18. The zero-order valence-electron chi connectivity index (χ0n) is 6.04. The lowest BCUT2D eigenvalue weighted by atomic mass is 10.2. The predicted octanol–water partition coefficient (Wildman–Crippen LogP) is 1.51. The molecule has 3 nitrogen and oxygen atoms in total. The molecular formula is C8H5FN2O. The Morgan fingerprint density at radius 1 is 1.50 bits per heavy atom. The van der Waals surface area contributed by atoms with Gasteiger partial charge in [0.05, 0.1) is 17.9 Å². The monoisotopic (exact) mass is 164 g/mol. The molecule has 0 saturated heterocycles. The number of hydrogen-bond donors (Lipinski definition) is 1. The molecule has 0 aliphatic rings. The fourth-order valence-electron chi connectivity index (χ4n) is 1.16. The first kappa shape index (κ1) is 6.97. The molecule has 2 heterocycles. The van der Waals surface area contributed by atoms with Gasteiger partial charge in [-0.3, -0.25) is 9.78 Å². The summed E-state index contributed by atoms with van der Waals surface area (Å²) in [7, 11) is 0. The summed E-state index contributed by atoms with van der Waals surface area (Å²) in [5.74, 6) is -0.476. The summed E-state index contributed by atoms with van der Waals surface area (Å²) < 4.78 is 13.0. The molecule has 0 aliphatic carbocycles. The summed E-state index contributed by atoms with van der Waals surface area (Å²) in [6.07, 6.45) is 4.64. The van der Waals surface area contributed by atoms with Crippen molar-refractivity contribution in [3.63, 3.8) is 0 Å². The van der Waals surface area contributed by atoms with Crippen molar-refractivity contribution in [2.45, 2.75) is 0 Å². The quantitative estimate of drug-likeness (QED) is 0.649. The van der Waals surface area contributed by atoms with Crippen LogP contribution in [0, 0.1) is 5.82 Å². The van der Waals surface area contributed by atoms with E-state index in [1.807, 2.05) is 0 Å². The molecule has 2 rings (SSSR count). The van der Waals surface area contributed by atoms with Gasteiger partial charge in [0.1, 0.15) is 0 Å². The first-order valence-electron chi connectivity index (χ1n) is 3.38. The lowest BCUT2D eigenvalue weighted by molar-refractivity contribution is 0.112. The first-order chi connectivity index (χ1) is 5.83. The molecule has 1 N–H and O–H groups in total. The molecule has 0 aromatic carbocycles. The summed E-state index contributed by atoms with van der Waals surface area (Å²) in [5, 5.41) is 0.306. The van der Waals surface area contributed by atoms with Gasteiger partial charge in [-0.15, -0.1) is 0 Å². The van der Waals surface area contributed by atoms with Gasteiger partial charge >= 0.3 is 0 Å². The minimum absolute atomic E-state index is 0.306. The lowest BCUT2D eigenvalue weighted by Gasteiger charge is -1.90. The normalized spacial score (nSPS) is 10.4. The van der Waals surface area contributed by atoms with Crippen molar-refractivity contribution in [1.82, 2.24) is 9.97 Å². The van der Waals surface area contributed by atoms with Crippen LogP contribution >= 0.6 is 0 Å². The number of hydrogen-bond acceptors (Lipinski definition) is 2. The Kier molecular flexibility index (Phi) is 1.40. The summed E-state index contributed by atoms with van der Waals surface area (Å²) in [6.45, 7) is 0. The Balaban J connectivity index is 2.91. The lowest BCUT2D eigenvalue weighted by Crippen LogP contribution is -1.82. The van der Waals surface area contributed by atoms with E-state index in [0.717, 1.165) is 6.20 Å². The number of H-pyrrole nitrogens is 1. The topological polar surface area (TPSA) is 45.8 Å². The molecule has 0 fully saturated rings. The van der Waals surface area contributed by atoms with Gasteiger partial charge in [0.15, 0.2) is 12.1 Å². The minimum atomic E-state index is -0.476. The number of pyridine rings is 1. The van der Waals surface area contributed by atoms with Gasteiger partial charge in [-0.25, -0.2) is 4.39 Å². The third kappa shape index (κ3) is 0.812. The Morgan fingerprint density at radius 3 is 3.08 bits per heavy atom. The molecule has 0 atom stereocenters. The number of aldehydes is 1. The summed E-state index contributed by atoms with van der Waals surface area (Å²) in [6, 6.07) is 0. The highest BCUT2D eigenvalue weighted by molar-refractivity contribution is 5.96. The van der Waals surface area contributed by atoms with Crippen LogP contribution in [0.25, 0.3) is 10.9 Å². The van der Waals surface area contributed by atoms with Crippen LogP contribution in [0.15, 0.2) is 18.6 Å². The van der Waals surface area contributed by atoms with E-state index in [0.29, 0.717) is 22.8 Å². The van der Waals surface area contributed by atoms with Gasteiger partial charge in [-0.1, -0.05) is 0 Å². The fourth-order valence-corrected chi connectivity index (χ4v) is 1.16. The molecule has 0 spiro atoms. The molecule has 12 heavy (non-hydrogen) atoms. The standard InChI is InChI=1S/C8H5FN2O/c9-6-2-10-3-7-8(6)5(4-12)1-11-7/h1-4,11H. The molecule has 2 aromatic heterocycles. The number of nitrogens with zero attached hydrogens (tertiary/aromatic N) is 1. The van der Waals surface area contributed by atoms with E-state index < -0.39 is 5.82 Å². The number of halogens is 1. The van der Waals surface area contributed by atoms with E-state index in [1.165, 1.54) is 12.4 Å². The third-order valence-corrected chi connectivity index (χ3v) is 1.70. The van der Waals surface area contributed by atoms with Crippen molar-refractivity contribution < 1.29 is 9.18 Å². The molecule has 0 radical (unpaired) electrons. The molecule has 60 valence electrons. The van der Waals surface area contributed by atoms with Crippen molar-refractivity contribution in [2.75, 3.05) is 0 Å². The Bertz CT molecular complexity index is 436.